The van der Waals surface area contributed by atoms with Crippen LogP contribution in [0.1, 0.15) is 77.8 Å². The summed E-state index contributed by atoms with van der Waals surface area (Å²) in [5, 5.41) is 21.9. The molecule has 0 bridgehead atoms. The first-order valence-electron chi connectivity index (χ1n) is 17.2. The van der Waals surface area contributed by atoms with Crippen LogP contribution in [0.2, 0.25) is 5.02 Å². The van der Waals surface area contributed by atoms with Gasteiger partial charge in [0.15, 0.2) is 9.84 Å². The molecule has 1 saturated carbocycles. The van der Waals surface area contributed by atoms with E-state index in [9.17, 15) is 23.1 Å². The number of aliphatic hydroxyl groups is 1. The third kappa shape index (κ3) is 10.3. The fraction of sp³-hybridized carbons (Fsp3) is 0.622. The van der Waals surface area contributed by atoms with Gasteiger partial charge in [-0.2, -0.15) is 0 Å². The summed E-state index contributed by atoms with van der Waals surface area (Å²) in [6.07, 6.45) is 5.74. The molecule has 4 rings (SSSR count). The van der Waals surface area contributed by atoms with Crippen LogP contribution >= 0.6 is 11.6 Å². The molecule has 1 aliphatic carbocycles. The third-order valence-electron chi connectivity index (χ3n) is 10.1. The lowest BCUT2D eigenvalue weighted by atomic mass is 9.72. The number of carbonyl (C=O) groups excluding carboxylic acids is 2. The third-order valence-corrected chi connectivity index (χ3v) is 12.5. The van der Waals surface area contributed by atoms with Gasteiger partial charge in [-0.3, -0.25) is 14.5 Å². The first kappa shape index (κ1) is 38.3. The SMILES string of the molecule is CC(C)(C)NC(=O)[C@@H]1CC2CCCCC2CN1C[C@@H](O)[C@H](Cc1ccccc1)NC(=O)[C@@H](NCc1cccc(Cl)c1)C(C)(C)S(C)(=O)=O. The number of rotatable bonds is 13. The van der Waals surface area contributed by atoms with E-state index in [1.807, 2.05) is 57.2 Å². The molecule has 9 nitrogen and oxygen atoms in total. The number of nitrogens with one attached hydrogen (secondary N) is 3. The summed E-state index contributed by atoms with van der Waals surface area (Å²) in [7, 11) is -3.70. The van der Waals surface area contributed by atoms with E-state index in [4.69, 9.17) is 11.6 Å². The Morgan fingerprint density at radius 3 is 2.25 bits per heavy atom. The molecule has 2 unspecified atom stereocenters. The lowest BCUT2D eigenvalue weighted by molar-refractivity contribution is -0.133. The van der Waals surface area contributed by atoms with E-state index in [2.05, 4.69) is 20.9 Å². The molecule has 6 atom stereocenters. The molecular weight excluding hydrogens is 648 g/mol. The van der Waals surface area contributed by atoms with Gasteiger partial charge in [0.05, 0.1) is 22.9 Å². The number of amides is 2. The fourth-order valence-electron chi connectivity index (χ4n) is 7.15. The maximum Gasteiger partial charge on any atom is 0.239 e. The summed E-state index contributed by atoms with van der Waals surface area (Å²) < 4.78 is 24.6. The number of halogens is 1. The number of aliphatic hydroxyl groups excluding tert-OH is 1. The van der Waals surface area contributed by atoms with Gasteiger partial charge in [0.2, 0.25) is 11.8 Å². The van der Waals surface area contributed by atoms with Crippen molar-refractivity contribution >= 4 is 33.3 Å². The Bertz CT molecular complexity index is 1500. The Hall–Kier alpha value is -2.50. The minimum atomic E-state index is -3.70. The van der Waals surface area contributed by atoms with Gasteiger partial charge in [-0.1, -0.05) is 73.3 Å². The number of hydrogen-bond donors (Lipinski definition) is 4. The topological polar surface area (TPSA) is 128 Å². The number of nitrogens with zero attached hydrogens (tertiary/aromatic N) is 1. The molecule has 11 heteroatoms. The van der Waals surface area contributed by atoms with Crippen molar-refractivity contribution in [3.63, 3.8) is 0 Å². The Balaban J connectivity index is 1.61. The second-order valence-electron chi connectivity index (χ2n) is 15.4. The fourth-order valence-corrected chi connectivity index (χ4v) is 7.98. The number of likely N-dealkylation sites (tertiary alicyclic amines) is 1. The summed E-state index contributed by atoms with van der Waals surface area (Å²) in [6.45, 7) is 10.1. The number of β-amino-alcohol motifs (C(OH)–C–C–N with tert-alkyl or cyclic N) is 1. The highest BCUT2D eigenvalue weighted by atomic mass is 35.5. The zero-order chi connectivity index (χ0) is 35.3. The van der Waals surface area contributed by atoms with Crippen LogP contribution in [-0.2, 0) is 32.4 Å². The monoisotopic (exact) mass is 702 g/mol. The molecule has 0 radical (unpaired) electrons. The van der Waals surface area contributed by atoms with E-state index in [0.717, 1.165) is 36.6 Å². The smallest absolute Gasteiger partial charge is 0.239 e. The number of sulfone groups is 1. The van der Waals surface area contributed by atoms with Gasteiger partial charge in [-0.05, 0) is 89.0 Å². The standard InChI is InChI=1S/C37H55ClN4O5S/c1-36(2,3)41-34(44)31-21-27-16-10-11-17-28(27)23-42(31)24-32(43)30(20-25-13-8-7-9-14-25)40-35(45)33(37(4,5)48(6,46)47)39-22-26-15-12-18-29(38)19-26/h7-9,12-15,18-19,27-28,30-33,39,43H,10-11,16-17,20-24H2,1-6H3,(H,40,45)(H,41,44)/t27?,28?,30-,31-,32+,33+/m0/s1. The van der Waals surface area contributed by atoms with Crippen molar-refractivity contribution in [2.75, 3.05) is 19.3 Å². The average Bonchev–Trinajstić information content (AvgIpc) is 2.99. The van der Waals surface area contributed by atoms with Crippen LogP contribution in [0.5, 0.6) is 0 Å². The van der Waals surface area contributed by atoms with Crippen LogP contribution in [0.25, 0.3) is 0 Å². The average molecular weight is 703 g/mol. The summed E-state index contributed by atoms with van der Waals surface area (Å²) >= 11 is 6.19. The Morgan fingerprint density at radius 1 is 0.979 bits per heavy atom. The van der Waals surface area contributed by atoms with Crippen molar-refractivity contribution < 1.29 is 23.1 Å². The molecular formula is C37H55ClN4O5S. The first-order valence-corrected chi connectivity index (χ1v) is 19.5. The quantitative estimate of drug-likeness (QED) is 0.242. The first-order chi connectivity index (χ1) is 22.4. The molecule has 2 fully saturated rings. The number of carbonyl (C=O) groups is 2. The van der Waals surface area contributed by atoms with Gasteiger partial charge in [0.25, 0.3) is 0 Å². The molecule has 2 aliphatic rings. The van der Waals surface area contributed by atoms with Gasteiger partial charge < -0.3 is 21.1 Å². The molecule has 266 valence electrons. The van der Waals surface area contributed by atoms with E-state index in [1.54, 1.807) is 18.2 Å². The zero-order valence-electron chi connectivity index (χ0n) is 29.3. The lowest BCUT2D eigenvalue weighted by Gasteiger charge is -2.47. The lowest BCUT2D eigenvalue weighted by Crippen LogP contribution is -2.63. The highest BCUT2D eigenvalue weighted by Gasteiger charge is 2.45. The second kappa shape index (κ2) is 16.0. The van der Waals surface area contributed by atoms with Crippen molar-refractivity contribution in [3.8, 4) is 0 Å². The van der Waals surface area contributed by atoms with E-state index >= 15 is 0 Å². The van der Waals surface area contributed by atoms with Crippen molar-refractivity contribution in [2.45, 2.75) is 114 Å². The molecule has 1 heterocycles. The highest BCUT2D eigenvalue weighted by molar-refractivity contribution is 7.92. The summed E-state index contributed by atoms with van der Waals surface area (Å²) in [5.74, 6) is 0.373. The molecule has 1 saturated heterocycles. The molecule has 0 aromatic heterocycles. The molecule has 2 aromatic carbocycles. The van der Waals surface area contributed by atoms with Gasteiger partial charge in [0.1, 0.15) is 6.04 Å². The van der Waals surface area contributed by atoms with Crippen molar-refractivity contribution in [3.05, 3.63) is 70.7 Å². The van der Waals surface area contributed by atoms with Crippen molar-refractivity contribution in [2.24, 2.45) is 11.8 Å². The molecule has 4 N–H and O–H groups in total. The van der Waals surface area contributed by atoms with Crippen LogP contribution in [0.4, 0.5) is 0 Å². The summed E-state index contributed by atoms with van der Waals surface area (Å²) in [6, 6.07) is 14.5. The Morgan fingerprint density at radius 2 is 1.62 bits per heavy atom. The minimum absolute atomic E-state index is 0.0393. The van der Waals surface area contributed by atoms with Gasteiger partial charge >= 0.3 is 0 Å². The van der Waals surface area contributed by atoms with Gasteiger partial charge in [-0.25, -0.2) is 8.42 Å². The molecule has 2 amide bonds. The second-order valence-corrected chi connectivity index (χ2v) is 18.5. The van der Waals surface area contributed by atoms with E-state index in [0.29, 0.717) is 29.8 Å². The van der Waals surface area contributed by atoms with Crippen LogP contribution < -0.4 is 16.0 Å². The Labute approximate surface area is 292 Å². The predicted molar refractivity (Wildman–Crippen MR) is 192 cm³/mol. The predicted octanol–water partition coefficient (Wildman–Crippen LogP) is 4.51. The minimum Gasteiger partial charge on any atom is -0.390 e. The summed E-state index contributed by atoms with van der Waals surface area (Å²) in [5.41, 5.74) is 1.32. The van der Waals surface area contributed by atoms with Gasteiger partial charge in [0, 0.05) is 36.5 Å². The molecule has 48 heavy (non-hydrogen) atoms. The molecule has 1 aliphatic heterocycles. The van der Waals surface area contributed by atoms with Gasteiger partial charge in [-0.15, -0.1) is 0 Å². The largest absolute Gasteiger partial charge is 0.390 e. The number of fused-ring (bicyclic) bond motifs is 1. The van der Waals surface area contributed by atoms with E-state index in [-0.39, 0.29) is 25.0 Å². The normalized spacial score (nSPS) is 22.6. The maximum absolute atomic E-state index is 14.2. The van der Waals surface area contributed by atoms with Crippen molar-refractivity contribution in [1.29, 1.82) is 0 Å². The Kier molecular flexibility index (Phi) is 12.8. The van der Waals surface area contributed by atoms with E-state index in [1.165, 1.54) is 26.7 Å². The van der Waals surface area contributed by atoms with Crippen LogP contribution in [-0.4, -0.2) is 84.1 Å². The maximum atomic E-state index is 14.2. The highest BCUT2D eigenvalue weighted by Crippen LogP contribution is 2.39. The molecule has 2 aromatic rings. The zero-order valence-corrected chi connectivity index (χ0v) is 30.9. The summed E-state index contributed by atoms with van der Waals surface area (Å²) in [4.78, 5) is 29.9. The number of benzene rings is 2. The van der Waals surface area contributed by atoms with E-state index < -0.39 is 44.2 Å². The van der Waals surface area contributed by atoms with Crippen LogP contribution in [0, 0.1) is 11.8 Å². The molecule has 0 spiro atoms. The van der Waals surface area contributed by atoms with Crippen LogP contribution in [0.3, 0.4) is 0 Å². The van der Waals surface area contributed by atoms with Crippen LogP contribution in [0.15, 0.2) is 54.6 Å². The number of piperidine rings is 1. The van der Waals surface area contributed by atoms with Crippen molar-refractivity contribution in [1.82, 2.24) is 20.9 Å². The number of hydrogen-bond acceptors (Lipinski definition) is 7.